The minimum absolute atomic E-state index is 0.264. The third kappa shape index (κ3) is 3.71. The zero-order valence-corrected chi connectivity index (χ0v) is 9.22. The van der Waals surface area contributed by atoms with Gasteiger partial charge in [-0.2, -0.15) is 0 Å². The summed E-state index contributed by atoms with van der Waals surface area (Å²) in [7, 11) is -1.73. The summed E-state index contributed by atoms with van der Waals surface area (Å²) in [6.45, 7) is 9.68. The summed E-state index contributed by atoms with van der Waals surface area (Å²) in [6, 6.07) is 2.03. The first-order chi connectivity index (χ1) is 5.58. The predicted octanol–water partition coefficient (Wildman–Crippen LogP) is 2.72. The van der Waals surface area contributed by atoms with Crippen molar-refractivity contribution in [2.75, 3.05) is 0 Å². The van der Waals surface area contributed by atoms with Gasteiger partial charge in [0.1, 0.15) is 0 Å². The zero-order chi connectivity index (χ0) is 9.61. The van der Waals surface area contributed by atoms with Gasteiger partial charge >= 0.3 is 5.97 Å². The average Bonchev–Trinajstić information content (AvgIpc) is 2.05. The fourth-order valence-electron chi connectivity index (χ4n) is 1.11. The van der Waals surface area contributed by atoms with Crippen LogP contribution in [0.2, 0.25) is 18.6 Å². The number of carbonyl (C=O) groups excluding carboxylic acids is 1. The predicted molar refractivity (Wildman–Crippen MR) is 53.5 cm³/mol. The van der Waals surface area contributed by atoms with Gasteiger partial charge in [-0.05, 0) is 18.6 Å². The summed E-state index contributed by atoms with van der Waals surface area (Å²) in [5.74, 6) is -0.264. The Balaban J connectivity index is 4.12. The Morgan fingerprint density at radius 2 is 2.17 bits per heavy atom. The van der Waals surface area contributed by atoms with E-state index >= 15 is 0 Å². The highest BCUT2D eigenvalue weighted by molar-refractivity contribution is 6.73. The minimum Gasteiger partial charge on any atom is -0.516 e. The molecule has 0 N–H and O–H groups in total. The summed E-state index contributed by atoms with van der Waals surface area (Å²) < 4.78 is 5.36. The summed E-state index contributed by atoms with van der Waals surface area (Å²) in [4.78, 5) is 11.0. The first kappa shape index (κ1) is 11.4. The van der Waals surface area contributed by atoms with E-state index in [1.54, 1.807) is 0 Å². The summed E-state index contributed by atoms with van der Waals surface area (Å²) in [5, 5.41) is 0. The van der Waals surface area contributed by atoms with Gasteiger partial charge in [0, 0.05) is 6.08 Å². The van der Waals surface area contributed by atoms with Gasteiger partial charge < -0.3 is 4.43 Å². The van der Waals surface area contributed by atoms with Crippen molar-refractivity contribution < 1.29 is 9.22 Å². The van der Waals surface area contributed by atoms with Gasteiger partial charge in [0.25, 0.3) is 8.32 Å². The van der Waals surface area contributed by atoms with Gasteiger partial charge in [0.2, 0.25) is 0 Å². The van der Waals surface area contributed by atoms with Gasteiger partial charge in [0.05, 0.1) is 0 Å². The standard InChI is InChI=1S/C9H18O2Si/c1-5-8-12(4,7-3)11-9(10)6-2/h6H,2,5,7-8H2,1,3-4H3. The lowest BCUT2D eigenvalue weighted by Gasteiger charge is -2.24. The third-order valence-corrected chi connectivity index (χ3v) is 5.79. The monoisotopic (exact) mass is 186 g/mol. The van der Waals surface area contributed by atoms with Crippen molar-refractivity contribution >= 4 is 14.3 Å². The van der Waals surface area contributed by atoms with Gasteiger partial charge in [-0.25, -0.2) is 4.79 Å². The molecular formula is C9H18O2Si. The van der Waals surface area contributed by atoms with Crippen LogP contribution in [-0.4, -0.2) is 14.3 Å². The molecule has 12 heavy (non-hydrogen) atoms. The smallest absolute Gasteiger partial charge is 0.316 e. The third-order valence-electron chi connectivity index (χ3n) is 2.04. The van der Waals surface area contributed by atoms with Crippen molar-refractivity contribution in [2.45, 2.75) is 38.9 Å². The number of carbonyl (C=O) groups is 1. The van der Waals surface area contributed by atoms with Crippen molar-refractivity contribution in [3.05, 3.63) is 12.7 Å². The van der Waals surface area contributed by atoms with E-state index in [1.165, 1.54) is 6.08 Å². The fraction of sp³-hybridized carbons (Fsp3) is 0.667. The maximum absolute atomic E-state index is 11.0. The maximum Gasteiger partial charge on any atom is 0.316 e. The highest BCUT2D eigenvalue weighted by Crippen LogP contribution is 2.18. The Morgan fingerprint density at radius 3 is 2.50 bits per heavy atom. The molecular weight excluding hydrogens is 168 g/mol. The molecule has 0 aromatic heterocycles. The van der Waals surface area contributed by atoms with Crippen molar-refractivity contribution in [3.8, 4) is 0 Å². The molecule has 0 bridgehead atoms. The topological polar surface area (TPSA) is 26.3 Å². The highest BCUT2D eigenvalue weighted by atomic mass is 28.4. The van der Waals surface area contributed by atoms with Crippen molar-refractivity contribution in [2.24, 2.45) is 0 Å². The van der Waals surface area contributed by atoms with E-state index in [4.69, 9.17) is 4.43 Å². The lowest BCUT2D eigenvalue weighted by atomic mass is 10.6. The molecule has 0 fully saturated rings. The van der Waals surface area contributed by atoms with Crippen LogP contribution in [0.4, 0.5) is 0 Å². The van der Waals surface area contributed by atoms with Crippen LogP contribution in [-0.2, 0) is 9.22 Å². The molecule has 2 nitrogen and oxygen atoms in total. The summed E-state index contributed by atoms with van der Waals surface area (Å²) in [6.07, 6.45) is 2.33. The molecule has 1 atom stereocenters. The van der Waals surface area contributed by atoms with E-state index < -0.39 is 8.32 Å². The zero-order valence-electron chi connectivity index (χ0n) is 8.22. The molecule has 0 spiro atoms. The van der Waals surface area contributed by atoms with Crippen molar-refractivity contribution in [1.82, 2.24) is 0 Å². The second kappa shape index (κ2) is 5.14. The Labute approximate surface area is 75.7 Å². The summed E-state index contributed by atoms with van der Waals surface area (Å²) >= 11 is 0. The number of hydrogen-bond donors (Lipinski definition) is 0. The molecule has 0 aliphatic rings. The minimum atomic E-state index is -1.73. The lowest BCUT2D eigenvalue weighted by Crippen LogP contribution is -2.35. The second-order valence-corrected chi connectivity index (χ2v) is 7.49. The van der Waals surface area contributed by atoms with Crippen LogP contribution >= 0.6 is 0 Å². The first-order valence-electron chi connectivity index (χ1n) is 4.43. The van der Waals surface area contributed by atoms with Crippen LogP contribution in [0.1, 0.15) is 20.3 Å². The van der Waals surface area contributed by atoms with Crippen molar-refractivity contribution in [3.63, 3.8) is 0 Å². The number of rotatable bonds is 5. The molecule has 0 aliphatic carbocycles. The second-order valence-electron chi connectivity index (χ2n) is 3.18. The molecule has 1 unspecified atom stereocenters. The molecule has 0 rings (SSSR count). The van der Waals surface area contributed by atoms with E-state index in [2.05, 4.69) is 27.0 Å². The Bertz CT molecular complexity index is 168. The van der Waals surface area contributed by atoms with Gasteiger partial charge in [-0.1, -0.05) is 26.8 Å². The van der Waals surface area contributed by atoms with Crippen LogP contribution < -0.4 is 0 Å². The molecule has 0 aromatic rings. The Hall–Kier alpha value is -0.573. The molecule has 0 amide bonds. The van der Waals surface area contributed by atoms with Crippen LogP contribution in [0.3, 0.4) is 0 Å². The molecule has 0 aliphatic heterocycles. The van der Waals surface area contributed by atoms with E-state index in [9.17, 15) is 4.79 Å². The molecule has 0 heterocycles. The normalized spacial score (nSPS) is 14.9. The Morgan fingerprint density at radius 1 is 1.58 bits per heavy atom. The van der Waals surface area contributed by atoms with Crippen molar-refractivity contribution in [1.29, 1.82) is 0 Å². The fourth-order valence-corrected chi connectivity index (χ4v) is 3.34. The summed E-state index contributed by atoms with van der Waals surface area (Å²) in [5.41, 5.74) is 0. The molecule has 0 saturated heterocycles. The van der Waals surface area contributed by atoms with E-state index in [1.807, 2.05) is 0 Å². The first-order valence-corrected chi connectivity index (χ1v) is 7.25. The van der Waals surface area contributed by atoms with Gasteiger partial charge in [0.15, 0.2) is 0 Å². The lowest BCUT2D eigenvalue weighted by molar-refractivity contribution is -0.129. The quantitative estimate of drug-likeness (QED) is 0.487. The SMILES string of the molecule is C=CC(=O)O[Si](C)(CC)CCC. The van der Waals surface area contributed by atoms with Crippen LogP contribution in [0, 0.1) is 0 Å². The largest absolute Gasteiger partial charge is 0.516 e. The van der Waals surface area contributed by atoms with E-state index in [0.29, 0.717) is 0 Å². The molecule has 0 saturated carbocycles. The average molecular weight is 186 g/mol. The Kier molecular flexibility index (Phi) is 4.89. The molecule has 0 aromatic carbocycles. The molecule has 3 heteroatoms. The molecule has 70 valence electrons. The highest BCUT2D eigenvalue weighted by Gasteiger charge is 2.28. The maximum atomic E-state index is 11.0. The van der Waals surface area contributed by atoms with Crippen LogP contribution in [0.15, 0.2) is 12.7 Å². The van der Waals surface area contributed by atoms with Gasteiger partial charge in [-0.3, -0.25) is 0 Å². The van der Waals surface area contributed by atoms with E-state index in [-0.39, 0.29) is 5.97 Å². The van der Waals surface area contributed by atoms with E-state index in [0.717, 1.165) is 18.5 Å². The van der Waals surface area contributed by atoms with Crippen LogP contribution in [0.25, 0.3) is 0 Å². The van der Waals surface area contributed by atoms with Crippen LogP contribution in [0.5, 0.6) is 0 Å². The molecule has 0 radical (unpaired) electrons. The van der Waals surface area contributed by atoms with Gasteiger partial charge in [-0.15, -0.1) is 0 Å². The number of hydrogen-bond acceptors (Lipinski definition) is 2.